The Labute approximate surface area is 133 Å². The number of ketones is 1. The van der Waals surface area contributed by atoms with Crippen LogP contribution in [0.1, 0.15) is 40.0 Å². The molecule has 2 N–H and O–H groups in total. The normalized spacial score (nSPS) is 11.3. The van der Waals surface area contributed by atoms with Crippen LogP contribution in [-0.4, -0.2) is 60.9 Å². The summed E-state index contributed by atoms with van der Waals surface area (Å²) in [7, 11) is 1.74. The quantitative estimate of drug-likeness (QED) is 0.573. The van der Waals surface area contributed by atoms with Gasteiger partial charge in [0.2, 0.25) is 0 Å². The van der Waals surface area contributed by atoms with Gasteiger partial charge in [0.25, 0.3) is 0 Å². The van der Waals surface area contributed by atoms with E-state index in [2.05, 4.69) is 16.9 Å². The number of nitrogens with zero attached hydrogens (tertiary/aromatic N) is 1. The van der Waals surface area contributed by atoms with E-state index in [1.54, 1.807) is 25.8 Å². The van der Waals surface area contributed by atoms with Gasteiger partial charge < -0.3 is 15.5 Å². The first-order valence-corrected chi connectivity index (χ1v) is 8.94. The van der Waals surface area contributed by atoms with Crippen molar-refractivity contribution >= 4 is 23.6 Å². The molecule has 6 heteroatoms. The molecule has 0 aromatic heterocycles. The van der Waals surface area contributed by atoms with Gasteiger partial charge in [-0.15, -0.1) is 0 Å². The Morgan fingerprint density at radius 2 is 1.81 bits per heavy atom. The summed E-state index contributed by atoms with van der Waals surface area (Å²) in [6.45, 7) is 7.31. The minimum atomic E-state index is -0.809. The minimum absolute atomic E-state index is 0.0485. The van der Waals surface area contributed by atoms with Gasteiger partial charge in [0.1, 0.15) is 0 Å². The molecule has 0 aromatic rings. The highest BCUT2D eigenvalue weighted by Crippen LogP contribution is 2.04. The maximum Gasteiger partial charge on any atom is 0.317 e. The average molecular weight is 317 g/mol. The standard InChI is InChI=1S/C15H31N3O2S/c1-13(19)15(2,3)17-14(20)18(4)11-10-16-9-7-6-8-12-21-5/h16H,6-12H2,1-5H3,(H,17,20). The minimum Gasteiger partial charge on any atom is -0.327 e. The van der Waals surface area contributed by atoms with Crippen LogP contribution in [0.2, 0.25) is 0 Å². The van der Waals surface area contributed by atoms with Gasteiger partial charge in [0, 0.05) is 20.1 Å². The fourth-order valence-corrected chi connectivity index (χ4v) is 2.09. The summed E-state index contributed by atoms with van der Waals surface area (Å²) in [5, 5.41) is 6.08. The molecular formula is C15H31N3O2S. The van der Waals surface area contributed by atoms with E-state index >= 15 is 0 Å². The maximum absolute atomic E-state index is 11.9. The van der Waals surface area contributed by atoms with E-state index in [1.807, 2.05) is 11.8 Å². The molecule has 0 saturated carbocycles. The summed E-state index contributed by atoms with van der Waals surface area (Å²) in [5.41, 5.74) is -0.809. The van der Waals surface area contributed by atoms with Crippen LogP contribution in [0.3, 0.4) is 0 Å². The number of unbranched alkanes of at least 4 members (excludes halogenated alkanes) is 2. The largest absolute Gasteiger partial charge is 0.327 e. The van der Waals surface area contributed by atoms with E-state index < -0.39 is 5.54 Å². The van der Waals surface area contributed by atoms with Gasteiger partial charge in [-0.25, -0.2) is 4.79 Å². The van der Waals surface area contributed by atoms with Gasteiger partial charge in [-0.05, 0) is 52.2 Å². The Kier molecular flexibility index (Phi) is 10.5. The van der Waals surface area contributed by atoms with Crippen LogP contribution < -0.4 is 10.6 Å². The van der Waals surface area contributed by atoms with Crippen molar-refractivity contribution in [1.29, 1.82) is 0 Å². The third-order valence-electron chi connectivity index (χ3n) is 3.47. The topological polar surface area (TPSA) is 61.4 Å². The molecule has 0 aliphatic rings. The van der Waals surface area contributed by atoms with Crippen molar-refractivity contribution in [2.24, 2.45) is 0 Å². The summed E-state index contributed by atoms with van der Waals surface area (Å²) >= 11 is 1.89. The van der Waals surface area contributed by atoms with Crippen molar-refractivity contribution in [2.45, 2.75) is 45.6 Å². The Hall–Kier alpha value is -0.750. The highest BCUT2D eigenvalue weighted by Gasteiger charge is 2.26. The fraction of sp³-hybridized carbons (Fsp3) is 0.867. The molecular weight excluding hydrogens is 286 g/mol. The van der Waals surface area contributed by atoms with E-state index in [0.717, 1.165) is 13.1 Å². The second-order valence-electron chi connectivity index (χ2n) is 5.84. The highest BCUT2D eigenvalue weighted by molar-refractivity contribution is 7.98. The van der Waals surface area contributed by atoms with Crippen molar-refractivity contribution in [1.82, 2.24) is 15.5 Å². The van der Waals surface area contributed by atoms with E-state index in [9.17, 15) is 9.59 Å². The lowest BCUT2D eigenvalue weighted by atomic mass is 10.0. The third kappa shape index (κ3) is 9.74. The van der Waals surface area contributed by atoms with Crippen LogP contribution in [0.25, 0.3) is 0 Å². The molecule has 124 valence electrons. The summed E-state index contributed by atoms with van der Waals surface area (Å²) < 4.78 is 0. The lowest BCUT2D eigenvalue weighted by Crippen LogP contribution is -2.53. The van der Waals surface area contributed by atoms with Gasteiger partial charge >= 0.3 is 6.03 Å². The molecule has 0 radical (unpaired) electrons. The predicted molar refractivity (Wildman–Crippen MR) is 91.0 cm³/mol. The molecule has 0 bridgehead atoms. The van der Waals surface area contributed by atoms with Crippen LogP contribution in [0.15, 0.2) is 0 Å². The summed E-state index contributed by atoms with van der Waals surface area (Å²) in [6.07, 6.45) is 5.82. The highest BCUT2D eigenvalue weighted by atomic mass is 32.2. The van der Waals surface area contributed by atoms with Gasteiger partial charge in [-0.3, -0.25) is 4.79 Å². The predicted octanol–water partition coefficient (Wildman–Crippen LogP) is 2.12. The van der Waals surface area contributed by atoms with E-state index in [0.29, 0.717) is 6.54 Å². The van der Waals surface area contributed by atoms with Crippen LogP contribution >= 0.6 is 11.8 Å². The number of likely N-dealkylation sites (N-methyl/N-ethyl adjacent to an activating group) is 1. The zero-order valence-electron chi connectivity index (χ0n) is 14.1. The van der Waals surface area contributed by atoms with E-state index in [-0.39, 0.29) is 11.8 Å². The molecule has 21 heavy (non-hydrogen) atoms. The molecule has 0 fully saturated rings. The van der Waals surface area contributed by atoms with Crippen LogP contribution in [0.5, 0.6) is 0 Å². The number of thioether (sulfide) groups is 1. The number of amides is 2. The van der Waals surface area contributed by atoms with E-state index in [4.69, 9.17) is 0 Å². The zero-order valence-corrected chi connectivity index (χ0v) is 14.9. The number of hydrogen-bond acceptors (Lipinski definition) is 4. The Balaban J connectivity index is 3.72. The van der Waals surface area contributed by atoms with Crippen molar-refractivity contribution in [2.75, 3.05) is 38.7 Å². The number of rotatable bonds is 11. The molecule has 0 saturated heterocycles. The number of urea groups is 1. The SMILES string of the molecule is CSCCCCCNCCN(C)C(=O)NC(C)(C)C(C)=O. The number of hydrogen-bond donors (Lipinski definition) is 2. The molecule has 5 nitrogen and oxygen atoms in total. The number of Topliss-reactive ketones (excluding diaryl/α,β-unsaturated/α-hetero) is 1. The van der Waals surface area contributed by atoms with Gasteiger partial charge in [0.15, 0.2) is 5.78 Å². The van der Waals surface area contributed by atoms with Gasteiger partial charge in [-0.1, -0.05) is 6.42 Å². The second-order valence-corrected chi connectivity index (χ2v) is 6.82. The monoisotopic (exact) mass is 317 g/mol. The first-order valence-electron chi connectivity index (χ1n) is 7.55. The summed E-state index contributed by atoms with van der Waals surface area (Å²) in [5.74, 6) is 1.18. The van der Waals surface area contributed by atoms with Crippen LogP contribution in [-0.2, 0) is 4.79 Å². The van der Waals surface area contributed by atoms with E-state index in [1.165, 1.54) is 31.9 Å². The molecule has 0 spiro atoms. The first-order chi connectivity index (χ1) is 9.81. The Morgan fingerprint density at radius 3 is 2.38 bits per heavy atom. The maximum atomic E-state index is 11.9. The second kappa shape index (κ2) is 10.9. The zero-order chi connectivity index (χ0) is 16.3. The Morgan fingerprint density at radius 1 is 1.14 bits per heavy atom. The summed E-state index contributed by atoms with van der Waals surface area (Å²) in [4.78, 5) is 24.9. The summed E-state index contributed by atoms with van der Waals surface area (Å²) in [6, 6.07) is -0.211. The number of nitrogens with one attached hydrogen (secondary N) is 2. The molecule has 0 aromatic carbocycles. The molecule has 2 amide bonds. The van der Waals surface area contributed by atoms with Crippen molar-refractivity contribution in [3.8, 4) is 0 Å². The molecule has 0 unspecified atom stereocenters. The average Bonchev–Trinajstić information content (AvgIpc) is 2.40. The van der Waals surface area contributed by atoms with Crippen LogP contribution in [0.4, 0.5) is 4.79 Å². The molecule has 0 aliphatic carbocycles. The molecule has 0 rings (SSSR count). The Bertz CT molecular complexity index is 322. The van der Waals surface area contributed by atoms with Crippen molar-refractivity contribution in [3.63, 3.8) is 0 Å². The van der Waals surface area contributed by atoms with Crippen molar-refractivity contribution in [3.05, 3.63) is 0 Å². The number of carbonyl (C=O) groups is 2. The van der Waals surface area contributed by atoms with Crippen LogP contribution in [0, 0.1) is 0 Å². The first kappa shape index (κ1) is 20.2. The fourth-order valence-electron chi connectivity index (χ4n) is 1.60. The van der Waals surface area contributed by atoms with Gasteiger partial charge in [-0.2, -0.15) is 11.8 Å². The smallest absolute Gasteiger partial charge is 0.317 e. The molecule has 0 atom stereocenters. The number of carbonyl (C=O) groups excluding carboxylic acids is 2. The molecule has 0 heterocycles. The molecule has 0 aliphatic heterocycles. The third-order valence-corrected chi connectivity index (χ3v) is 4.17. The lowest BCUT2D eigenvalue weighted by molar-refractivity contribution is -0.121. The lowest BCUT2D eigenvalue weighted by Gasteiger charge is -2.27. The van der Waals surface area contributed by atoms with Crippen molar-refractivity contribution < 1.29 is 9.59 Å². The van der Waals surface area contributed by atoms with Gasteiger partial charge in [0.05, 0.1) is 5.54 Å².